The fourth-order valence-corrected chi connectivity index (χ4v) is 2.32. The van der Waals surface area contributed by atoms with Gasteiger partial charge in [0.15, 0.2) is 0 Å². The zero-order valence-corrected chi connectivity index (χ0v) is 9.82. The molecule has 0 aromatic rings. The number of nitrogens with zero attached hydrogens (tertiary/aromatic N) is 1. The molecule has 1 aliphatic carbocycles. The molecule has 0 unspecified atom stereocenters. The molecular weight excluding hydrogens is 190 g/mol. The summed E-state index contributed by atoms with van der Waals surface area (Å²) in [6, 6.07) is 0.477. The quantitative estimate of drug-likeness (QED) is 0.463. The predicted octanol–water partition coefficient (Wildman–Crippen LogP) is 4.37. The molecule has 0 aliphatic heterocycles. The molecular formula is C12H21NS. The molecule has 0 spiro atoms. The normalized spacial score (nSPS) is 22.0. The smallest absolute Gasteiger partial charge is 0.0602 e. The van der Waals surface area contributed by atoms with Crippen molar-refractivity contribution in [3.05, 3.63) is 0 Å². The topological polar surface area (TPSA) is 12.4 Å². The lowest BCUT2D eigenvalue weighted by atomic mass is 10.0. The third kappa shape index (κ3) is 5.51. The summed E-state index contributed by atoms with van der Waals surface area (Å²) in [5.74, 6) is 0. The SMILES string of the molecule is S=C=NC1CCCCCCCCCC1. The van der Waals surface area contributed by atoms with Gasteiger partial charge in [-0.3, -0.25) is 0 Å². The highest BCUT2D eigenvalue weighted by Gasteiger charge is 2.07. The van der Waals surface area contributed by atoms with E-state index in [1.165, 1.54) is 64.2 Å². The minimum Gasteiger partial charge on any atom is -0.229 e. The first-order valence-electron chi connectivity index (χ1n) is 6.00. The third-order valence-corrected chi connectivity index (χ3v) is 3.17. The standard InChI is InChI=1S/C12H21NS/c14-11-13-12-9-7-5-3-1-2-4-6-8-10-12/h12H,1-10H2. The molecule has 1 aliphatic rings. The second-order valence-electron chi connectivity index (χ2n) is 4.28. The van der Waals surface area contributed by atoms with Gasteiger partial charge in [-0.2, -0.15) is 0 Å². The molecule has 80 valence electrons. The fraction of sp³-hybridized carbons (Fsp3) is 0.917. The van der Waals surface area contributed by atoms with Crippen molar-refractivity contribution in [3.8, 4) is 0 Å². The molecule has 0 saturated heterocycles. The number of hydrogen-bond acceptors (Lipinski definition) is 2. The van der Waals surface area contributed by atoms with E-state index in [1.54, 1.807) is 0 Å². The van der Waals surface area contributed by atoms with Crippen LogP contribution in [-0.2, 0) is 0 Å². The van der Waals surface area contributed by atoms with Crippen LogP contribution in [0.4, 0.5) is 0 Å². The zero-order chi connectivity index (χ0) is 10.1. The number of aliphatic imine (C=N–C) groups is 1. The Hall–Kier alpha value is -0.200. The first kappa shape index (κ1) is 11.9. The van der Waals surface area contributed by atoms with Crippen LogP contribution in [0.15, 0.2) is 4.99 Å². The highest BCUT2D eigenvalue weighted by Crippen LogP contribution is 2.18. The van der Waals surface area contributed by atoms with Crippen LogP contribution in [-0.4, -0.2) is 11.2 Å². The van der Waals surface area contributed by atoms with Gasteiger partial charge < -0.3 is 0 Å². The molecule has 0 aromatic heterocycles. The molecule has 14 heavy (non-hydrogen) atoms. The van der Waals surface area contributed by atoms with Crippen molar-refractivity contribution >= 4 is 17.4 Å². The van der Waals surface area contributed by atoms with Gasteiger partial charge >= 0.3 is 0 Å². The van der Waals surface area contributed by atoms with Gasteiger partial charge in [-0.1, -0.05) is 51.4 Å². The average molecular weight is 211 g/mol. The molecule has 1 nitrogen and oxygen atoms in total. The first-order valence-corrected chi connectivity index (χ1v) is 6.41. The van der Waals surface area contributed by atoms with Crippen LogP contribution >= 0.6 is 12.2 Å². The molecule has 0 amide bonds. The Morgan fingerprint density at radius 3 is 1.64 bits per heavy atom. The van der Waals surface area contributed by atoms with Gasteiger partial charge in [0.1, 0.15) is 0 Å². The molecule has 0 N–H and O–H groups in total. The summed E-state index contributed by atoms with van der Waals surface area (Å²) < 4.78 is 0. The molecule has 0 bridgehead atoms. The monoisotopic (exact) mass is 211 g/mol. The highest BCUT2D eigenvalue weighted by atomic mass is 32.1. The maximum atomic E-state index is 4.68. The lowest BCUT2D eigenvalue weighted by molar-refractivity contribution is 0.514. The molecule has 1 rings (SSSR count). The number of thiocarbonyl (C=S) groups is 1. The van der Waals surface area contributed by atoms with E-state index in [-0.39, 0.29) is 0 Å². The Labute approximate surface area is 93.0 Å². The van der Waals surface area contributed by atoms with Crippen LogP contribution in [0.5, 0.6) is 0 Å². The van der Waals surface area contributed by atoms with Gasteiger partial charge in [-0.05, 0) is 25.1 Å². The summed E-state index contributed by atoms with van der Waals surface area (Å²) in [5.41, 5.74) is 0. The largest absolute Gasteiger partial charge is 0.229 e. The van der Waals surface area contributed by atoms with Crippen molar-refractivity contribution in [2.45, 2.75) is 70.3 Å². The molecule has 1 saturated carbocycles. The maximum Gasteiger partial charge on any atom is 0.0602 e. The number of rotatable bonds is 1. The molecule has 0 heterocycles. The van der Waals surface area contributed by atoms with Gasteiger partial charge in [0.2, 0.25) is 0 Å². The summed E-state index contributed by atoms with van der Waals surface area (Å²) in [6.07, 6.45) is 13.5. The van der Waals surface area contributed by atoms with E-state index in [1.807, 2.05) is 0 Å². The van der Waals surface area contributed by atoms with Crippen LogP contribution in [0.25, 0.3) is 0 Å². The van der Waals surface area contributed by atoms with Crippen molar-refractivity contribution in [2.24, 2.45) is 4.99 Å². The van der Waals surface area contributed by atoms with E-state index < -0.39 is 0 Å². The zero-order valence-electron chi connectivity index (χ0n) is 9.00. The Balaban J connectivity index is 2.30. The molecule has 0 aromatic carbocycles. The Bertz CT molecular complexity index is 173. The van der Waals surface area contributed by atoms with E-state index in [4.69, 9.17) is 0 Å². The molecule has 2 heteroatoms. The maximum absolute atomic E-state index is 4.68. The van der Waals surface area contributed by atoms with E-state index >= 15 is 0 Å². The minimum absolute atomic E-state index is 0.477. The molecule has 0 radical (unpaired) electrons. The van der Waals surface area contributed by atoms with E-state index in [9.17, 15) is 0 Å². The van der Waals surface area contributed by atoms with E-state index in [2.05, 4.69) is 22.4 Å². The summed E-state index contributed by atoms with van der Waals surface area (Å²) >= 11 is 4.68. The fourth-order valence-electron chi connectivity index (χ4n) is 2.17. The van der Waals surface area contributed by atoms with Crippen molar-refractivity contribution in [1.29, 1.82) is 0 Å². The van der Waals surface area contributed by atoms with Crippen LogP contribution in [0.1, 0.15) is 64.2 Å². The van der Waals surface area contributed by atoms with Crippen molar-refractivity contribution < 1.29 is 0 Å². The van der Waals surface area contributed by atoms with Crippen LogP contribution in [0, 0.1) is 0 Å². The lowest BCUT2D eigenvalue weighted by Crippen LogP contribution is -2.03. The second kappa shape index (κ2) is 8.14. The first-order chi connectivity index (χ1) is 6.93. The Kier molecular flexibility index (Phi) is 6.90. The highest BCUT2D eigenvalue weighted by molar-refractivity contribution is 7.78. The summed E-state index contributed by atoms with van der Waals surface area (Å²) in [4.78, 5) is 4.25. The molecule has 0 atom stereocenters. The van der Waals surface area contributed by atoms with Gasteiger partial charge in [0.05, 0.1) is 11.2 Å². The van der Waals surface area contributed by atoms with Crippen molar-refractivity contribution in [3.63, 3.8) is 0 Å². The number of isothiocyanates is 1. The lowest BCUT2D eigenvalue weighted by Gasteiger charge is -2.09. The summed E-state index contributed by atoms with van der Waals surface area (Å²) in [6.45, 7) is 0. The second-order valence-corrected chi connectivity index (χ2v) is 4.46. The predicted molar refractivity (Wildman–Crippen MR) is 65.0 cm³/mol. The number of hydrogen-bond donors (Lipinski definition) is 0. The minimum atomic E-state index is 0.477. The van der Waals surface area contributed by atoms with Gasteiger partial charge in [0, 0.05) is 0 Å². The summed E-state index contributed by atoms with van der Waals surface area (Å²) in [7, 11) is 0. The van der Waals surface area contributed by atoms with Crippen molar-refractivity contribution in [1.82, 2.24) is 0 Å². The van der Waals surface area contributed by atoms with E-state index in [0.717, 1.165) is 0 Å². The van der Waals surface area contributed by atoms with Gasteiger partial charge in [0.25, 0.3) is 0 Å². The molecule has 1 fully saturated rings. The van der Waals surface area contributed by atoms with Crippen LogP contribution < -0.4 is 0 Å². The third-order valence-electron chi connectivity index (χ3n) is 3.06. The van der Waals surface area contributed by atoms with Crippen LogP contribution in [0.3, 0.4) is 0 Å². The Morgan fingerprint density at radius 2 is 1.21 bits per heavy atom. The van der Waals surface area contributed by atoms with Crippen molar-refractivity contribution in [2.75, 3.05) is 0 Å². The van der Waals surface area contributed by atoms with Crippen LogP contribution in [0.2, 0.25) is 0 Å². The van der Waals surface area contributed by atoms with Gasteiger partial charge in [-0.15, -0.1) is 0 Å². The summed E-state index contributed by atoms with van der Waals surface area (Å²) in [5, 5.41) is 2.55. The Morgan fingerprint density at radius 1 is 0.786 bits per heavy atom. The van der Waals surface area contributed by atoms with Gasteiger partial charge in [-0.25, -0.2) is 4.99 Å². The average Bonchev–Trinajstić information content (AvgIpc) is 2.24. The van der Waals surface area contributed by atoms with E-state index in [0.29, 0.717) is 6.04 Å².